The van der Waals surface area contributed by atoms with Crippen LogP contribution in [0.2, 0.25) is 5.02 Å². The summed E-state index contributed by atoms with van der Waals surface area (Å²) in [5.41, 5.74) is 1.37. The highest BCUT2D eigenvalue weighted by atomic mass is 35.5. The minimum absolute atomic E-state index is 0.112. The highest BCUT2D eigenvalue weighted by Gasteiger charge is 2.20. The zero-order valence-electron chi connectivity index (χ0n) is 18.2. The number of carbonyl (C=O) groups is 2. The molecule has 0 spiro atoms. The molecule has 1 aromatic heterocycles. The molecule has 0 aliphatic heterocycles. The lowest BCUT2D eigenvalue weighted by molar-refractivity contribution is 0.0687. The van der Waals surface area contributed by atoms with E-state index < -0.39 is 29.1 Å². The first kappa shape index (κ1) is 23.8. The summed E-state index contributed by atoms with van der Waals surface area (Å²) >= 11 is 5.93. The van der Waals surface area contributed by atoms with Crippen LogP contribution in [0.25, 0.3) is 0 Å². The molecule has 0 bridgehead atoms. The van der Waals surface area contributed by atoms with Gasteiger partial charge >= 0.3 is 5.97 Å². The number of ketones is 1. The van der Waals surface area contributed by atoms with Crippen LogP contribution in [0, 0.1) is 11.6 Å². The maximum Gasteiger partial charge on any atom is 0.358 e. The van der Waals surface area contributed by atoms with E-state index in [0.29, 0.717) is 10.6 Å². The number of hydrogen-bond donors (Lipinski definition) is 1. The fourth-order valence-electron chi connectivity index (χ4n) is 3.27. The molecule has 35 heavy (non-hydrogen) atoms. The Morgan fingerprint density at radius 3 is 2.11 bits per heavy atom. The average molecular weight is 495 g/mol. The lowest BCUT2D eigenvalue weighted by Gasteiger charge is -2.19. The molecule has 1 heterocycles. The lowest BCUT2D eigenvalue weighted by atomic mass is 10.1. The maximum atomic E-state index is 13.4. The topological polar surface area (TPSA) is 79.7 Å². The number of hydrogen-bond acceptors (Lipinski definition) is 5. The van der Waals surface area contributed by atoms with Crippen molar-refractivity contribution in [1.82, 2.24) is 4.98 Å². The molecule has 0 fully saturated rings. The first-order chi connectivity index (χ1) is 16.7. The number of nitrogens with zero attached hydrogens (tertiary/aromatic N) is 2. The van der Waals surface area contributed by atoms with Crippen LogP contribution in [0.15, 0.2) is 78.9 Å². The zero-order valence-corrected chi connectivity index (χ0v) is 19.0. The molecule has 0 amide bonds. The van der Waals surface area contributed by atoms with Crippen molar-refractivity contribution in [2.24, 2.45) is 0 Å². The molecule has 0 atom stereocenters. The van der Waals surface area contributed by atoms with Gasteiger partial charge in [-0.25, -0.2) is 18.6 Å². The Bertz CT molecular complexity index is 1410. The molecule has 4 rings (SSSR count). The summed E-state index contributed by atoms with van der Waals surface area (Å²) in [7, 11) is 1.87. The molecule has 4 aromatic rings. The molecule has 0 aliphatic carbocycles. The van der Waals surface area contributed by atoms with Gasteiger partial charge in [-0.3, -0.25) is 4.79 Å². The number of carboxylic acid groups (broad SMARTS) is 1. The van der Waals surface area contributed by atoms with Crippen LogP contribution < -0.4 is 9.64 Å². The summed E-state index contributed by atoms with van der Waals surface area (Å²) in [4.78, 5) is 30.5. The van der Waals surface area contributed by atoms with Crippen LogP contribution >= 0.6 is 11.6 Å². The number of rotatable bonds is 7. The van der Waals surface area contributed by atoms with Gasteiger partial charge in [0.1, 0.15) is 11.4 Å². The van der Waals surface area contributed by atoms with E-state index in [9.17, 15) is 23.5 Å². The van der Waals surface area contributed by atoms with E-state index in [2.05, 4.69) is 4.98 Å². The third-order valence-electron chi connectivity index (χ3n) is 5.14. The molecule has 0 unspecified atom stereocenters. The average Bonchev–Trinajstić information content (AvgIpc) is 2.86. The first-order valence-electron chi connectivity index (χ1n) is 10.2. The Morgan fingerprint density at radius 2 is 1.51 bits per heavy atom. The minimum atomic E-state index is -1.45. The van der Waals surface area contributed by atoms with E-state index in [1.165, 1.54) is 12.1 Å². The first-order valence-corrected chi connectivity index (χ1v) is 10.6. The zero-order chi connectivity index (χ0) is 25.1. The monoisotopic (exact) mass is 494 g/mol. The standard InChI is InChI=1S/C26H17ClF2N2O4/c1-31(18-8-4-16(27)5-9-18)17-6-2-15(3-7-17)25(32)22-12-13-23(24(30-22)26(33)34)35-19-10-11-20(28)21(29)14-19/h2-14H,1H3,(H,33,34). The molecular formula is C26H17ClF2N2O4. The normalized spacial score (nSPS) is 10.6. The Labute approximate surface area is 204 Å². The predicted molar refractivity (Wildman–Crippen MR) is 127 cm³/mol. The fraction of sp³-hybridized carbons (Fsp3) is 0.0385. The summed E-state index contributed by atoms with van der Waals surface area (Å²) in [6, 6.07) is 19.3. The number of benzene rings is 3. The lowest BCUT2D eigenvalue weighted by Crippen LogP contribution is -2.11. The third kappa shape index (κ3) is 5.28. The Morgan fingerprint density at radius 1 is 0.886 bits per heavy atom. The van der Waals surface area contributed by atoms with Crippen LogP contribution in [0.3, 0.4) is 0 Å². The SMILES string of the molecule is CN(c1ccc(Cl)cc1)c1ccc(C(=O)c2ccc(Oc3ccc(F)c(F)c3)c(C(=O)O)n2)cc1. The van der Waals surface area contributed by atoms with Crippen molar-refractivity contribution < 1.29 is 28.2 Å². The van der Waals surface area contributed by atoms with Gasteiger partial charge in [-0.05, 0) is 72.8 Å². The number of ether oxygens (including phenoxy) is 1. The summed E-state index contributed by atoms with van der Waals surface area (Å²) in [6.45, 7) is 0. The van der Waals surface area contributed by atoms with Crippen molar-refractivity contribution in [1.29, 1.82) is 0 Å². The largest absolute Gasteiger partial charge is 0.476 e. The maximum absolute atomic E-state index is 13.4. The van der Waals surface area contributed by atoms with Crippen LogP contribution in [0.1, 0.15) is 26.5 Å². The molecular weight excluding hydrogens is 478 g/mol. The number of aromatic nitrogens is 1. The Kier molecular flexibility index (Phi) is 6.75. The summed E-state index contributed by atoms with van der Waals surface area (Å²) < 4.78 is 31.9. The molecule has 1 N–H and O–H groups in total. The van der Waals surface area contributed by atoms with E-state index in [0.717, 1.165) is 29.6 Å². The van der Waals surface area contributed by atoms with Crippen LogP contribution in [0.4, 0.5) is 20.2 Å². The number of carboxylic acids is 1. The van der Waals surface area contributed by atoms with Crippen molar-refractivity contribution in [3.05, 3.63) is 112 Å². The third-order valence-corrected chi connectivity index (χ3v) is 5.40. The van der Waals surface area contributed by atoms with Crippen LogP contribution in [-0.4, -0.2) is 28.9 Å². The quantitative estimate of drug-likeness (QED) is 0.295. The van der Waals surface area contributed by atoms with Crippen LogP contribution in [-0.2, 0) is 0 Å². The van der Waals surface area contributed by atoms with E-state index >= 15 is 0 Å². The Balaban J connectivity index is 1.56. The van der Waals surface area contributed by atoms with E-state index in [4.69, 9.17) is 16.3 Å². The minimum Gasteiger partial charge on any atom is -0.476 e. The van der Waals surface area contributed by atoms with E-state index in [1.807, 2.05) is 24.1 Å². The van der Waals surface area contributed by atoms with Gasteiger partial charge < -0.3 is 14.7 Å². The number of aromatic carboxylic acids is 1. The number of pyridine rings is 1. The number of halogens is 3. The molecule has 9 heteroatoms. The second-order valence-electron chi connectivity index (χ2n) is 7.44. The van der Waals surface area contributed by atoms with Crippen molar-refractivity contribution in [2.75, 3.05) is 11.9 Å². The summed E-state index contributed by atoms with van der Waals surface area (Å²) in [5, 5.41) is 10.2. The number of carbonyl (C=O) groups excluding carboxylic acids is 1. The van der Waals surface area contributed by atoms with Crippen molar-refractivity contribution >= 4 is 34.7 Å². The van der Waals surface area contributed by atoms with Gasteiger partial charge in [0.2, 0.25) is 5.78 Å². The molecule has 176 valence electrons. The predicted octanol–water partition coefficient (Wildman–Crippen LogP) is 6.50. The van der Waals surface area contributed by atoms with Crippen LogP contribution in [0.5, 0.6) is 11.5 Å². The van der Waals surface area contributed by atoms with E-state index in [1.54, 1.807) is 36.4 Å². The van der Waals surface area contributed by atoms with Gasteiger partial charge in [0.25, 0.3) is 0 Å². The van der Waals surface area contributed by atoms with Gasteiger partial charge in [-0.15, -0.1) is 0 Å². The number of anilines is 2. The second kappa shape index (κ2) is 9.90. The highest BCUT2D eigenvalue weighted by Crippen LogP contribution is 2.28. The van der Waals surface area contributed by atoms with Gasteiger partial charge in [0.05, 0.1) is 0 Å². The molecule has 0 aliphatic rings. The molecule has 3 aromatic carbocycles. The summed E-state index contributed by atoms with van der Waals surface area (Å²) in [6.07, 6.45) is 0. The summed E-state index contributed by atoms with van der Waals surface area (Å²) in [5.74, 6) is -4.50. The van der Waals surface area contributed by atoms with Gasteiger partial charge in [0.15, 0.2) is 23.1 Å². The van der Waals surface area contributed by atoms with Gasteiger partial charge in [-0.1, -0.05) is 11.6 Å². The molecule has 0 saturated heterocycles. The van der Waals surface area contributed by atoms with Gasteiger partial charge in [0, 0.05) is 35.1 Å². The van der Waals surface area contributed by atoms with Crippen molar-refractivity contribution in [3.8, 4) is 11.5 Å². The van der Waals surface area contributed by atoms with Crippen molar-refractivity contribution in [2.45, 2.75) is 0 Å². The highest BCUT2D eigenvalue weighted by molar-refractivity contribution is 6.30. The Hall–Kier alpha value is -4.30. The molecule has 0 radical (unpaired) electrons. The fourth-order valence-corrected chi connectivity index (χ4v) is 3.40. The molecule has 0 saturated carbocycles. The van der Waals surface area contributed by atoms with Gasteiger partial charge in [-0.2, -0.15) is 0 Å². The second-order valence-corrected chi connectivity index (χ2v) is 7.87. The smallest absolute Gasteiger partial charge is 0.358 e. The van der Waals surface area contributed by atoms with Crippen molar-refractivity contribution in [3.63, 3.8) is 0 Å². The molecule has 6 nitrogen and oxygen atoms in total. The van der Waals surface area contributed by atoms with E-state index in [-0.39, 0.29) is 17.2 Å².